The van der Waals surface area contributed by atoms with Crippen molar-refractivity contribution < 1.29 is 13.7 Å². The predicted octanol–water partition coefficient (Wildman–Crippen LogP) is 1.50. The molecular formula is C8H6F2N2O2. The Hall–Kier alpha value is -1.98. The lowest BCUT2D eigenvalue weighted by Crippen LogP contribution is -2.04. The number of nitrogens with zero attached hydrogens (tertiary/aromatic N) is 1. The Morgan fingerprint density at radius 2 is 1.93 bits per heavy atom. The molecule has 0 spiro atoms. The Labute approximate surface area is 77.8 Å². The standard InChI is InChI=1S/C8H6F2N2O2/c9-5-2-1-3-6(10)8(5)7(11)4-12(13)14/h1-4H,11H2/b7-4-. The monoisotopic (exact) mass is 200 g/mol. The zero-order chi connectivity index (χ0) is 10.7. The van der Waals surface area contributed by atoms with E-state index in [1.165, 1.54) is 0 Å². The Balaban J connectivity index is 3.25. The van der Waals surface area contributed by atoms with Crippen LogP contribution in [0.15, 0.2) is 24.4 Å². The molecule has 0 unspecified atom stereocenters. The van der Waals surface area contributed by atoms with Crippen molar-refractivity contribution >= 4 is 5.70 Å². The van der Waals surface area contributed by atoms with Crippen molar-refractivity contribution in [3.8, 4) is 0 Å². The van der Waals surface area contributed by atoms with Crippen LogP contribution in [0.1, 0.15) is 5.56 Å². The summed E-state index contributed by atoms with van der Waals surface area (Å²) in [7, 11) is 0. The van der Waals surface area contributed by atoms with E-state index in [4.69, 9.17) is 5.73 Å². The van der Waals surface area contributed by atoms with Crippen LogP contribution in [-0.4, -0.2) is 4.92 Å². The van der Waals surface area contributed by atoms with Gasteiger partial charge in [-0.25, -0.2) is 8.78 Å². The first-order valence-corrected chi connectivity index (χ1v) is 3.57. The van der Waals surface area contributed by atoms with Crippen LogP contribution in [0.2, 0.25) is 0 Å². The maximum absolute atomic E-state index is 13.0. The first-order valence-electron chi connectivity index (χ1n) is 3.57. The van der Waals surface area contributed by atoms with Gasteiger partial charge >= 0.3 is 0 Å². The maximum Gasteiger partial charge on any atom is 0.258 e. The number of hydrogen-bond acceptors (Lipinski definition) is 3. The van der Waals surface area contributed by atoms with Gasteiger partial charge in [0, 0.05) is 0 Å². The molecule has 2 N–H and O–H groups in total. The van der Waals surface area contributed by atoms with E-state index in [0.29, 0.717) is 6.20 Å². The first kappa shape index (κ1) is 10.1. The van der Waals surface area contributed by atoms with Crippen LogP contribution in [0.5, 0.6) is 0 Å². The second kappa shape index (κ2) is 3.82. The molecule has 0 aliphatic heterocycles. The molecule has 1 aromatic carbocycles. The fraction of sp³-hybridized carbons (Fsp3) is 0. The molecule has 0 aliphatic rings. The van der Waals surface area contributed by atoms with Crippen LogP contribution in [-0.2, 0) is 0 Å². The maximum atomic E-state index is 13.0. The number of nitrogens with two attached hydrogens (primary N) is 1. The zero-order valence-electron chi connectivity index (χ0n) is 6.91. The van der Waals surface area contributed by atoms with Gasteiger partial charge in [-0.3, -0.25) is 10.1 Å². The quantitative estimate of drug-likeness (QED) is 0.580. The average Bonchev–Trinajstić information content (AvgIpc) is 2.01. The fourth-order valence-electron chi connectivity index (χ4n) is 0.952. The highest BCUT2D eigenvalue weighted by molar-refractivity contribution is 5.62. The number of rotatable bonds is 2. The molecule has 0 fully saturated rings. The minimum Gasteiger partial charge on any atom is -0.393 e. The molecule has 0 atom stereocenters. The molecule has 0 aromatic heterocycles. The second-order valence-corrected chi connectivity index (χ2v) is 2.47. The lowest BCUT2D eigenvalue weighted by Gasteiger charge is -2.01. The lowest BCUT2D eigenvalue weighted by atomic mass is 10.1. The van der Waals surface area contributed by atoms with Crippen molar-refractivity contribution in [1.29, 1.82) is 0 Å². The molecule has 1 aromatic rings. The average molecular weight is 200 g/mol. The third kappa shape index (κ3) is 2.03. The summed E-state index contributed by atoms with van der Waals surface area (Å²) in [6, 6.07) is 3.09. The number of nitro groups is 1. The summed E-state index contributed by atoms with van der Waals surface area (Å²) in [6.07, 6.45) is 0.349. The van der Waals surface area contributed by atoms with E-state index in [0.717, 1.165) is 18.2 Å². The van der Waals surface area contributed by atoms with Gasteiger partial charge < -0.3 is 5.73 Å². The van der Waals surface area contributed by atoms with Gasteiger partial charge in [0.2, 0.25) is 0 Å². The molecule has 6 heteroatoms. The van der Waals surface area contributed by atoms with E-state index < -0.39 is 27.8 Å². The summed E-state index contributed by atoms with van der Waals surface area (Å²) in [5, 5.41) is 10.0. The Bertz CT molecular complexity index is 384. The highest BCUT2D eigenvalue weighted by Gasteiger charge is 2.13. The van der Waals surface area contributed by atoms with Crippen molar-refractivity contribution in [2.45, 2.75) is 0 Å². The second-order valence-electron chi connectivity index (χ2n) is 2.47. The zero-order valence-corrected chi connectivity index (χ0v) is 6.91. The van der Waals surface area contributed by atoms with Gasteiger partial charge in [0.15, 0.2) is 0 Å². The minimum atomic E-state index is -0.930. The van der Waals surface area contributed by atoms with Gasteiger partial charge in [0.1, 0.15) is 17.3 Å². The highest BCUT2D eigenvalue weighted by Crippen LogP contribution is 2.17. The van der Waals surface area contributed by atoms with E-state index in [1.54, 1.807) is 0 Å². The van der Waals surface area contributed by atoms with Crippen LogP contribution in [0, 0.1) is 21.7 Å². The first-order chi connectivity index (χ1) is 6.52. The van der Waals surface area contributed by atoms with Crippen LogP contribution in [0.3, 0.4) is 0 Å². The molecule has 4 nitrogen and oxygen atoms in total. The number of halogens is 2. The summed E-state index contributed by atoms with van der Waals surface area (Å²) in [4.78, 5) is 9.14. The molecule has 0 saturated carbocycles. The third-order valence-corrected chi connectivity index (χ3v) is 1.50. The molecule has 0 amide bonds. The van der Waals surface area contributed by atoms with E-state index in [1.807, 2.05) is 0 Å². The smallest absolute Gasteiger partial charge is 0.258 e. The van der Waals surface area contributed by atoms with Crippen LogP contribution in [0.4, 0.5) is 8.78 Å². The molecule has 1 rings (SSSR count). The fourth-order valence-corrected chi connectivity index (χ4v) is 0.952. The third-order valence-electron chi connectivity index (χ3n) is 1.50. The van der Waals surface area contributed by atoms with Gasteiger partial charge in [0.05, 0.1) is 10.5 Å². The van der Waals surface area contributed by atoms with E-state index in [-0.39, 0.29) is 0 Å². The van der Waals surface area contributed by atoms with E-state index in [2.05, 4.69) is 0 Å². The van der Waals surface area contributed by atoms with Gasteiger partial charge in [-0.15, -0.1) is 0 Å². The van der Waals surface area contributed by atoms with Crippen molar-refractivity contribution in [3.05, 3.63) is 51.7 Å². The van der Waals surface area contributed by atoms with Crippen LogP contribution in [0.25, 0.3) is 5.70 Å². The SMILES string of the molecule is N/C(=C\[N+](=O)[O-])c1c(F)cccc1F. The van der Waals surface area contributed by atoms with Crippen LogP contribution < -0.4 is 5.73 Å². The summed E-state index contributed by atoms with van der Waals surface area (Å²) in [5.41, 5.74) is 4.01. The Morgan fingerprint density at radius 1 is 1.43 bits per heavy atom. The van der Waals surface area contributed by atoms with Gasteiger partial charge in [-0.1, -0.05) is 6.07 Å². The predicted molar refractivity (Wildman–Crippen MR) is 45.5 cm³/mol. The largest absolute Gasteiger partial charge is 0.393 e. The molecular weight excluding hydrogens is 194 g/mol. The van der Waals surface area contributed by atoms with Gasteiger partial charge in [-0.05, 0) is 12.1 Å². The number of benzene rings is 1. The van der Waals surface area contributed by atoms with E-state index in [9.17, 15) is 18.9 Å². The van der Waals surface area contributed by atoms with Crippen LogP contribution >= 0.6 is 0 Å². The summed E-state index contributed by atoms with van der Waals surface area (Å²) < 4.78 is 25.9. The summed E-state index contributed by atoms with van der Waals surface area (Å²) in [6.45, 7) is 0. The molecule has 0 aliphatic carbocycles. The number of hydrogen-bond donors (Lipinski definition) is 1. The molecule has 14 heavy (non-hydrogen) atoms. The minimum absolute atomic E-state index is 0.349. The lowest BCUT2D eigenvalue weighted by molar-refractivity contribution is -0.401. The molecule has 0 bridgehead atoms. The van der Waals surface area contributed by atoms with Crippen molar-refractivity contribution in [2.24, 2.45) is 5.73 Å². The van der Waals surface area contributed by atoms with Gasteiger partial charge in [0.25, 0.3) is 6.20 Å². The van der Waals surface area contributed by atoms with E-state index >= 15 is 0 Å². The Kier molecular flexibility index (Phi) is 2.76. The van der Waals surface area contributed by atoms with Crippen molar-refractivity contribution in [2.75, 3.05) is 0 Å². The summed E-state index contributed by atoms with van der Waals surface area (Å²) in [5.74, 6) is -1.86. The molecule has 0 heterocycles. The normalized spacial score (nSPS) is 11.4. The highest BCUT2D eigenvalue weighted by atomic mass is 19.1. The summed E-state index contributed by atoms with van der Waals surface area (Å²) >= 11 is 0. The molecule has 0 saturated heterocycles. The molecule has 0 radical (unpaired) electrons. The Morgan fingerprint density at radius 3 is 2.36 bits per heavy atom. The van der Waals surface area contributed by atoms with Crippen molar-refractivity contribution in [3.63, 3.8) is 0 Å². The molecule has 74 valence electrons. The van der Waals surface area contributed by atoms with Gasteiger partial charge in [-0.2, -0.15) is 0 Å². The van der Waals surface area contributed by atoms with Crippen molar-refractivity contribution in [1.82, 2.24) is 0 Å². The topological polar surface area (TPSA) is 69.2 Å².